The summed E-state index contributed by atoms with van der Waals surface area (Å²) in [6.07, 6.45) is 12.2. The zero-order valence-electron chi connectivity index (χ0n) is 33.4. The Morgan fingerprint density at radius 3 is 1.85 bits per heavy atom. The van der Waals surface area contributed by atoms with Gasteiger partial charge < -0.3 is 27.8 Å². The quantitative estimate of drug-likeness (QED) is 0.0357. The number of hydrogen-bond donors (Lipinski definition) is 0. The fraction of sp³-hybridized carbons (Fsp3) is 0.500. The smallest absolute Gasteiger partial charge is 0.262 e. The molecule has 0 aliphatic rings. The van der Waals surface area contributed by atoms with Gasteiger partial charge in [0, 0.05) is 20.1 Å². The number of methoxy groups -OCH3 is 2. The van der Waals surface area contributed by atoms with Crippen molar-refractivity contribution in [2.24, 2.45) is 0 Å². The average molecular weight is 745 g/mol. The molecule has 0 unspecified atom stereocenters. The summed E-state index contributed by atoms with van der Waals surface area (Å²) >= 11 is 0. The van der Waals surface area contributed by atoms with E-state index < -0.39 is 22.7 Å². The van der Waals surface area contributed by atoms with Gasteiger partial charge in [0.1, 0.15) is 12.5 Å². The van der Waals surface area contributed by atoms with Crippen molar-refractivity contribution in [3.8, 4) is 18.1 Å². The Labute approximate surface area is 317 Å². The van der Waals surface area contributed by atoms with E-state index in [-0.39, 0.29) is 29.1 Å². The van der Waals surface area contributed by atoms with E-state index in [4.69, 9.17) is 34.2 Å². The maximum absolute atomic E-state index is 7.71. The minimum Gasteiger partial charge on any atom is -0.497 e. The SMILES string of the molecule is C#CCC[C@@H](OCOC)[C@@H](/C=C/[C@@H](CCCOCc1ccc(OC)cc1)O[Si](C)(C)C(C)(C)C)O[Si](c1ccccc1)(c1ccccc1)C(C)(C)C. The minimum absolute atomic E-state index is 0.0473. The van der Waals surface area contributed by atoms with Crippen LogP contribution >= 0.6 is 0 Å². The average Bonchev–Trinajstić information content (AvgIpc) is 3.11. The van der Waals surface area contributed by atoms with Crippen molar-refractivity contribution in [3.05, 3.63) is 103 Å². The van der Waals surface area contributed by atoms with Crippen LogP contribution in [-0.2, 0) is 29.7 Å². The number of ether oxygens (including phenoxy) is 4. The summed E-state index contributed by atoms with van der Waals surface area (Å²) < 4.78 is 38.1. The molecule has 0 N–H and O–H groups in total. The first kappa shape index (κ1) is 43.4. The fourth-order valence-corrected chi connectivity index (χ4v) is 12.1. The summed E-state index contributed by atoms with van der Waals surface area (Å²) in [6.45, 7) is 19.6. The van der Waals surface area contributed by atoms with E-state index >= 15 is 0 Å². The summed E-state index contributed by atoms with van der Waals surface area (Å²) in [5.74, 6) is 3.67. The molecule has 0 heterocycles. The van der Waals surface area contributed by atoms with E-state index in [1.165, 1.54) is 10.4 Å². The Morgan fingerprint density at radius 1 is 0.750 bits per heavy atom. The molecule has 0 amide bonds. The molecule has 0 aliphatic heterocycles. The van der Waals surface area contributed by atoms with Gasteiger partial charge in [-0.25, -0.2) is 0 Å². The molecule has 0 fully saturated rings. The van der Waals surface area contributed by atoms with E-state index in [9.17, 15) is 0 Å². The first-order valence-corrected chi connectivity index (χ1v) is 23.4. The third kappa shape index (κ3) is 12.3. The highest BCUT2D eigenvalue weighted by molar-refractivity contribution is 6.99. The van der Waals surface area contributed by atoms with E-state index in [1.807, 2.05) is 24.3 Å². The van der Waals surface area contributed by atoms with Crippen LogP contribution in [0.5, 0.6) is 5.75 Å². The second-order valence-electron chi connectivity index (χ2n) is 15.9. The number of benzene rings is 3. The second kappa shape index (κ2) is 20.4. The normalized spacial score (nSPS) is 14.6. The standard InChI is InChI=1S/C44H64O6Si2/c1-12-13-26-41(48-35-45-8)42(50-52(44(5,6)7,39-22-16-14-17-23-39)40-24-18-15-19-25-40)32-31-38(49-51(10,11)43(2,3)4)21-20-33-47-34-36-27-29-37(46-9)30-28-36/h1,14-19,22-25,27-32,38,41-42H,13,20-21,26,33-35H2,2-11H3/b32-31+/t38-,41-,42-/m1/s1. The predicted molar refractivity (Wildman–Crippen MR) is 220 cm³/mol. The Kier molecular flexibility index (Phi) is 17.1. The van der Waals surface area contributed by atoms with Crippen molar-refractivity contribution < 1.29 is 27.8 Å². The summed E-state index contributed by atoms with van der Waals surface area (Å²) in [5.41, 5.74) is 1.12. The van der Waals surface area contributed by atoms with Gasteiger partial charge in [-0.2, -0.15) is 0 Å². The zero-order chi connectivity index (χ0) is 38.3. The van der Waals surface area contributed by atoms with E-state index in [1.54, 1.807) is 14.2 Å². The highest BCUT2D eigenvalue weighted by Gasteiger charge is 2.52. The van der Waals surface area contributed by atoms with Crippen LogP contribution in [-0.4, -0.2) is 62.6 Å². The van der Waals surface area contributed by atoms with Crippen LogP contribution in [0.4, 0.5) is 0 Å². The molecular weight excluding hydrogens is 681 g/mol. The van der Waals surface area contributed by atoms with Gasteiger partial charge in [0.15, 0.2) is 8.32 Å². The topological polar surface area (TPSA) is 55.4 Å². The molecule has 3 atom stereocenters. The van der Waals surface area contributed by atoms with Gasteiger partial charge in [-0.3, -0.25) is 0 Å². The maximum Gasteiger partial charge on any atom is 0.262 e. The molecule has 0 aliphatic carbocycles. The van der Waals surface area contributed by atoms with Crippen molar-refractivity contribution in [2.45, 2.75) is 115 Å². The lowest BCUT2D eigenvalue weighted by molar-refractivity contribution is -0.101. The molecule has 0 spiro atoms. The molecule has 52 heavy (non-hydrogen) atoms. The Balaban J connectivity index is 2.03. The lowest BCUT2D eigenvalue weighted by Gasteiger charge is -2.46. The molecule has 6 nitrogen and oxygen atoms in total. The van der Waals surface area contributed by atoms with Crippen molar-refractivity contribution in [1.82, 2.24) is 0 Å². The van der Waals surface area contributed by atoms with Gasteiger partial charge in [-0.05, 0) is 70.5 Å². The summed E-state index contributed by atoms with van der Waals surface area (Å²) in [7, 11) is -1.77. The Morgan fingerprint density at radius 2 is 1.35 bits per heavy atom. The molecule has 8 heteroatoms. The molecule has 3 aromatic carbocycles. The molecule has 284 valence electrons. The Hall–Kier alpha value is -3.01. The first-order chi connectivity index (χ1) is 24.7. The van der Waals surface area contributed by atoms with Gasteiger partial charge in [0.05, 0.1) is 32.0 Å². The van der Waals surface area contributed by atoms with Crippen LogP contribution in [0.3, 0.4) is 0 Å². The maximum atomic E-state index is 7.71. The van der Waals surface area contributed by atoms with Gasteiger partial charge in [-0.1, -0.05) is 126 Å². The molecule has 0 saturated heterocycles. The second-order valence-corrected chi connectivity index (χ2v) is 25.0. The highest BCUT2D eigenvalue weighted by Crippen LogP contribution is 2.40. The van der Waals surface area contributed by atoms with Gasteiger partial charge in [0.2, 0.25) is 0 Å². The van der Waals surface area contributed by atoms with Crippen LogP contribution in [0.15, 0.2) is 97.1 Å². The molecule has 0 radical (unpaired) electrons. The third-order valence-electron chi connectivity index (χ3n) is 10.0. The predicted octanol–water partition coefficient (Wildman–Crippen LogP) is 9.29. The fourth-order valence-electron chi connectivity index (χ4n) is 6.14. The van der Waals surface area contributed by atoms with E-state index in [2.05, 4.69) is 133 Å². The van der Waals surface area contributed by atoms with Crippen LogP contribution in [0.2, 0.25) is 23.2 Å². The summed E-state index contributed by atoms with van der Waals surface area (Å²) in [5, 5.41) is 2.24. The number of rotatable bonds is 21. The van der Waals surface area contributed by atoms with Gasteiger partial charge >= 0.3 is 0 Å². The minimum atomic E-state index is -2.96. The summed E-state index contributed by atoms with van der Waals surface area (Å²) in [6, 6.07) is 29.4. The monoisotopic (exact) mass is 744 g/mol. The molecule has 0 bridgehead atoms. The molecule has 0 saturated carbocycles. The zero-order valence-corrected chi connectivity index (χ0v) is 35.4. The molecule has 0 aromatic heterocycles. The van der Waals surface area contributed by atoms with Crippen LogP contribution < -0.4 is 15.1 Å². The number of terminal acetylenes is 1. The van der Waals surface area contributed by atoms with E-state index in [0.29, 0.717) is 26.1 Å². The molecule has 3 aromatic rings. The largest absolute Gasteiger partial charge is 0.497 e. The third-order valence-corrected chi connectivity index (χ3v) is 19.6. The van der Waals surface area contributed by atoms with Crippen molar-refractivity contribution in [1.29, 1.82) is 0 Å². The molecular formula is C44H64O6Si2. The lowest BCUT2D eigenvalue weighted by Crippen LogP contribution is -2.68. The van der Waals surface area contributed by atoms with Crippen LogP contribution in [0, 0.1) is 12.3 Å². The number of hydrogen-bond acceptors (Lipinski definition) is 6. The van der Waals surface area contributed by atoms with E-state index in [0.717, 1.165) is 24.2 Å². The first-order valence-electron chi connectivity index (χ1n) is 18.6. The van der Waals surface area contributed by atoms with Crippen LogP contribution in [0.1, 0.15) is 72.8 Å². The van der Waals surface area contributed by atoms with Gasteiger partial charge in [-0.15, -0.1) is 12.3 Å². The lowest BCUT2D eigenvalue weighted by atomic mass is 10.1. The summed E-state index contributed by atoms with van der Waals surface area (Å²) in [4.78, 5) is 0. The van der Waals surface area contributed by atoms with Gasteiger partial charge in [0.25, 0.3) is 8.32 Å². The highest BCUT2D eigenvalue weighted by atomic mass is 28.4. The van der Waals surface area contributed by atoms with Crippen molar-refractivity contribution >= 4 is 27.0 Å². The van der Waals surface area contributed by atoms with Crippen molar-refractivity contribution in [3.63, 3.8) is 0 Å². The van der Waals surface area contributed by atoms with Crippen LogP contribution in [0.25, 0.3) is 0 Å². The Bertz CT molecular complexity index is 1470. The molecule has 3 rings (SSSR count). The van der Waals surface area contributed by atoms with Crippen molar-refractivity contribution in [2.75, 3.05) is 27.6 Å².